The van der Waals surface area contributed by atoms with Gasteiger partial charge in [-0.15, -0.1) is 0 Å². The fraction of sp³-hybridized carbons (Fsp3) is 0.323. The van der Waals surface area contributed by atoms with E-state index in [1.54, 1.807) is 18.0 Å². The summed E-state index contributed by atoms with van der Waals surface area (Å²) in [5, 5.41) is 14.9. The number of carboxylic acids is 1. The Hall–Kier alpha value is -3.62. The number of fused-ring (bicyclic) bond motifs is 1. The fourth-order valence-corrected chi connectivity index (χ4v) is 5.56. The first-order valence-electron chi connectivity index (χ1n) is 13.5. The van der Waals surface area contributed by atoms with Crippen LogP contribution in [-0.4, -0.2) is 39.1 Å². The highest BCUT2D eigenvalue weighted by atomic mass is 32.2. The Morgan fingerprint density at radius 1 is 1.08 bits per heavy atom. The highest BCUT2D eigenvalue weighted by Crippen LogP contribution is 2.38. The topological polar surface area (TPSA) is 86.5 Å². The number of hydrogen-bond acceptors (Lipinski definition) is 6. The lowest BCUT2D eigenvalue weighted by molar-refractivity contribution is -0.137. The van der Waals surface area contributed by atoms with Gasteiger partial charge in [-0.2, -0.15) is 5.10 Å². The molecule has 2 aromatic carbocycles. The molecule has 0 amide bonds. The lowest BCUT2D eigenvalue weighted by Gasteiger charge is -2.23. The summed E-state index contributed by atoms with van der Waals surface area (Å²) in [4.78, 5) is 17.2. The van der Waals surface area contributed by atoms with E-state index in [1.807, 2.05) is 53.2 Å². The molecule has 2 aromatic heterocycles. The van der Waals surface area contributed by atoms with E-state index < -0.39 is 5.97 Å². The van der Waals surface area contributed by atoms with Crippen molar-refractivity contribution in [3.63, 3.8) is 0 Å². The molecule has 7 nitrogen and oxygen atoms in total. The Balaban J connectivity index is 1.36. The van der Waals surface area contributed by atoms with Gasteiger partial charge in [0.15, 0.2) is 6.23 Å². The number of carbonyl (C=O) groups is 1. The third-order valence-corrected chi connectivity index (χ3v) is 7.65. The maximum absolute atomic E-state index is 10.7. The maximum Gasteiger partial charge on any atom is 0.303 e. The molecule has 1 aliphatic heterocycles. The highest BCUT2D eigenvalue weighted by molar-refractivity contribution is 7.99. The molecule has 39 heavy (non-hydrogen) atoms. The summed E-state index contributed by atoms with van der Waals surface area (Å²) < 4.78 is 14.2. The average molecular weight is 544 g/mol. The van der Waals surface area contributed by atoms with E-state index in [4.69, 9.17) is 19.7 Å². The van der Waals surface area contributed by atoms with E-state index in [9.17, 15) is 4.79 Å². The van der Waals surface area contributed by atoms with E-state index in [1.165, 1.54) is 0 Å². The first-order chi connectivity index (χ1) is 19.2. The molecule has 1 fully saturated rings. The number of rotatable bonds is 12. The van der Waals surface area contributed by atoms with Crippen molar-refractivity contribution >= 4 is 40.8 Å². The monoisotopic (exact) mass is 543 g/mol. The van der Waals surface area contributed by atoms with Crippen LogP contribution in [0.5, 0.6) is 5.75 Å². The second kappa shape index (κ2) is 13.4. The molecule has 1 unspecified atom stereocenters. The Morgan fingerprint density at radius 3 is 2.79 bits per heavy atom. The molecule has 202 valence electrons. The maximum atomic E-state index is 10.7. The quantitative estimate of drug-likeness (QED) is 0.185. The van der Waals surface area contributed by atoms with Gasteiger partial charge in [0, 0.05) is 29.5 Å². The van der Waals surface area contributed by atoms with E-state index in [0.29, 0.717) is 13.0 Å². The van der Waals surface area contributed by atoms with Crippen LogP contribution in [0.4, 0.5) is 0 Å². The molecule has 1 aliphatic rings. The summed E-state index contributed by atoms with van der Waals surface area (Å²) in [5.74, 6) is 0.0892. The molecule has 1 atom stereocenters. The van der Waals surface area contributed by atoms with Crippen LogP contribution in [0.1, 0.15) is 62.6 Å². The highest BCUT2D eigenvalue weighted by Gasteiger charge is 2.21. The zero-order valence-corrected chi connectivity index (χ0v) is 22.7. The number of nitrogens with zero attached hydrogens (tertiary/aromatic N) is 3. The summed E-state index contributed by atoms with van der Waals surface area (Å²) in [6.45, 7) is 1.31. The molecular weight excluding hydrogens is 510 g/mol. The minimum absolute atomic E-state index is 0.0738. The van der Waals surface area contributed by atoms with Crippen molar-refractivity contribution in [3.8, 4) is 5.75 Å². The van der Waals surface area contributed by atoms with Crippen molar-refractivity contribution < 1.29 is 19.4 Å². The first kappa shape index (κ1) is 27.0. The van der Waals surface area contributed by atoms with E-state index >= 15 is 0 Å². The third-order valence-electron chi connectivity index (χ3n) is 6.61. The normalized spacial score (nSPS) is 15.6. The number of pyridine rings is 1. The van der Waals surface area contributed by atoms with Crippen LogP contribution in [0.15, 0.2) is 76.7 Å². The first-order valence-corrected chi connectivity index (χ1v) is 14.3. The molecule has 0 saturated carbocycles. The lowest BCUT2D eigenvalue weighted by atomic mass is 10.1. The molecule has 0 aliphatic carbocycles. The van der Waals surface area contributed by atoms with Crippen LogP contribution >= 0.6 is 11.8 Å². The number of benzene rings is 2. The van der Waals surface area contributed by atoms with Crippen molar-refractivity contribution in [2.45, 2.75) is 61.0 Å². The van der Waals surface area contributed by atoms with Gasteiger partial charge < -0.3 is 14.6 Å². The van der Waals surface area contributed by atoms with Gasteiger partial charge in [0.2, 0.25) is 0 Å². The molecule has 1 saturated heterocycles. The summed E-state index contributed by atoms with van der Waals surface area (Å²) >= 11 is 1.66. The van der Waals surface area contributed by atoms with Gasteiger partial charge in [0.25, 0.3) is 0 Å². The van der Waals surface area contributed by atoms with Gasteiger partial charge in [-0.25, -0.2) is 4.68 Å². The largest absolute Gasteiger partial charge is 0.492 e. The van der Waals surface area contributed by atoms with Gasteiger partial charge in [-0.1, -0.05) is 30.0 Å². The average Bonchev–Trinajstić information content (AvgIpc) is 3.33. The zero-order chi connectivity index (χ0) is 26.9. The molecule has 0 radical (unpaired) electrons. The van der Waals surface area contributed by atoms with Gasteiger partial charge >= 0.3 is 5.97 Å². The minimum atomic E-state index is -0.748. The number of hydrogen-bond donors (Lipinski definition) is 1. The molecule has 0 spiro atoms. The third kappa shape index (κ3) is 7.28. The van der Waals surface area contributed by atoms with E-state index in [0.717, 1.165) is 76.5 Å². The van der Waals surface area contributed by atoms with Crippen LogP contribution < -0.4 is 4.74 Å². The van der Waals surface area contributed by atoms with Gasteiger partial charge in [-0.3, -0.25) is 9.78 Å². The summed E-state index contributed by atoms with van der Waals surface area (Å²) in [5.41, 5.74) is 2.83. The fourth-order valence-electron chi connectivity index (χ4n) is 4.62. The Morgan fingerprint density at radius 2 is 1.97 bits per heavy atom. The number of aromatic nitrogens is 3. The molecular formula is C31H33N3O4S. The predicted octanol–water partition coefficient (Wildman–Crippen LogP) is 7.48. The number of aliphatic carboxylic acids is 1. The number of carboxylic acid groups (broad SMARTS) is 1. The number of para-hydroxylation sites is 1. The molecule has 3 heterocycles. The lowest BCUT2D eigenvalue weighted by Crippen LogP contribution is -2.19. The molecule has 0 bridgehead atoms. The summed E-state index contributed by atoms with van der Waals surface area (Å²) in [7, 11) is 0. The molecule has 5 rings (SSSR count). The summed E-state index contributed by atoms with van der Waals surface area (Å²) in [6, 6.07) is 20.3. The van der Waals surface area contributed by atoms with Crippen molar-refractivity contribution in [1.82, 2.24) is 14.8 Å². The van der Waals surface area contributed by atoms with Crippen molar-refractivity contribution in [2.24, 2.45) is 0 Å². The van der Waals surface area contributed by atoms with E-state index in [2.05, 4.69) is 29.2 Å². The zero-order valence-electron chi connectivity index (χ0n) is 21.9. The smallest absolute Gasteiger partial charge is 0.303 e. The van der Waals surface area contributed by atoms with Crippen molar-refractivity contribution in [3.05, 3.63) is 78.2 Å². The second-order valence-electron chi connectivity index (χ2n) is 9.52. The van der Waals surface area contributed by atoms with Gasteiger partial charge in [0.1, 0.15) is 5.75 Å². The SMILES string of the molecule is O=C(O)CCCCCOc1ccccc1Sc1ccc2c(C=Cc3ccccn3)nn(C3CCCCO3)c2c1. The van der Waals surface area contributed by atoms with Crippen LogP contribution in [-0.2, 0) is 9.53 Å². The van der Waals surface area contributed by atoms with Crippen LogP contribution in [0.25, 0.3) is 23.1 Å². The van der Waals surface area contributed by atoms with E-state index in [-0.39, 0.29) is 12.6 Å². The Bertz CT molecular complexity index is 1410. The predicted molar refractivity (Wildman–Crippen MR) is 154 cm³/mol. The Kier molecular flexibility index (Phi) is 9.30. The molecule has 1 N–H and O–H groups in total. The van der Waals surface area contributed by atoms with Crippen LogP contribution in [0, 0.1) is 0 Å². The second-order valence-corrected chi connectivity index (χ2v) is 10.6. The van der Waals surface area contributed by atoms with Crippen LogP contribution in [0.3, 0.4) is 0 Å². The Labute approximate surface area is 232 Å². The molecule has 8 heteroatoms. The standard InChI is InChI=1S/C31H33N3O4S/c35-31(36)14-2-1-8-20-37-28-11-3-4-12-29(28)39-24-16-17-25-26(18-15-23-10-5-7-19-32-23)33-34(27(25)22-24)30-13-6-9-21-38-30/h3-5,7,10-12,15-19,22,30H,1-2,6,8-9,13-14,20-21H2,(H,35,36). The van der Waals surface area contributed by atoms with Gasteiger partial charge in [0.05, 0.1) is 28.4 Å². The van der Waals surface area contributed by atoms with Crippen molar-refractivity contribution in [2.75, 3.05) is 13.2 Å². The van der Waals surface area contributed by atoms with Gasteiger partial charge in [-0.05, 0) is 93.1 Å². The number of ether oxygens (including phenoxy) is 2. The van der Waals surface area contributed by atoms with Crippen LogP contribution in [0.2, 0.25) is 0 Å². The summed E-state index contributed by atoms with van der Waals surface area (Å²) in [6.07, 6.45) is 11.4. The number of unbranched alkanes of at least 4 members (excludes halogenated alkanes) is 2. The minimum Gasteiger partial charge on any atom is -0.492 e. The molecule has 4 aromatic rings. The van der Waals surface area contributed by atoms with Crippen molar-refractivity contribution in [1.29, 1.82) is 0 Å².